The molecule has 0 atom stereocenters. The van der Waals surface area contributed by atoms with Crippen LogP contribution in [0.3, 0.4) is 0 Å². The number of aromatic carboxylic acids is 1. The minimum atomic E-state index is -0.994. The Balaban J connectivity index is 1.86. The van der Waals surface area contributed by atoms with Gasteiger partial charge in [0.2, 0.25) is 0 Å². The Morgan fingerprint density at radius 3 is 2.86 bits per heavy atom. The molecule has 0 radical (unpaired) electrons. The Morgan fingerprint density at radius 1 is 1.38 bits per heavy atom. The van der Waals surface area contributed by atoms with Gasteiger partial charge in [-0.05, 0) is 24.5 Å². The molecule has 0 bridgehead atoms. The molecule has 1 aliphatic heterocycles. The molecular formula is C14H13N3O4. The largest absolute Gasteiger partial charge is 0.478 e. The molecule has 3 heterocycles. The normalized spacial score (nSPS) is 13.9. The third kappa shape index (κ3) is 2.37. The van der Waals surface area contributed by atoms with E-state index in [1.165, 1.54) is 6.20 Å². The van der Waals surface area contributed by atoms with Crippen LogP contribution in [0.1, 0.15) is 37.7 Å². The number of amides is 1. The first-order chi connectivity index (χ1) is 10.1. The third-order valence-electron chi connectivity index (χ3n) is 3.50. The number of nitrogens with zero attached hydrogens (tertiary/aromatic N) is 3. The molecule has 0 aliphatic carbocycles. The lowest BCUT2D eigenvalue weighted by atomic mass is 9.97. The van der Waals surface area contributed by atoms with Crippen molar-refractivity contribution >= 4 is 11.9 Å². The van der Waals surface area contributed by atoms with Crippen molar-refractivity contribution in [2.75, 3.05) is 6.54 Å². The molecule has 0 fully saturated rings. The highest BCUT2D eigenvalue weighted by Crippen LogP contribution is 2.22. The van der Waals surface area contributed by atoms with Gasteiger partial charge in [0.25, 0.3) is 5.91 Å². The summed E-state index contributed by atoms with van der Waals surface area (Å²) in [4.78, 5) is 29.0. The van der Waals surface area contributed by atoms with Gasteiger partial charge in [-0.1, -0.05) is 5.16 Å². The second-order valence-corrected chi connectivity index (χ2v) is 4.93. The molecule has 108 valence electrons. The number of hydrogen-bond donors (Lipinski definition) is 1. The monoisotopic (exact) mass is 287 g/mol. The Labute approximate surface area is 120 Å². The summed E-state index contributed by atoms with van der Waals surface area (Å²) >= 11 is 0. The molecule has 3 rings (SSSR count). The van der Waals surface area contributed by atoms with Gasteiger partial charge in [0.1, 0.15) is 5.76 Å². The van der Waals surface area contributed by atoms with Crippen LogP contribution in [0.2, 0.25) is 0 Å². The fraction of sp³-hybridized carbons (Fsp3) is 0.286. The molecule has 1 aliphatic rings. The van der Waals surface area contributed by atoms with Crippen LogP contribution in [0.15, 0.2) is 23.0 Å². The Kier molecular flexibility index (Phi) is 3.17. The quantitative estimate of drug-likeness (QED) is 0.893. The van der Waals surface area contributed by atoms with Crippen LogP contribution < -0.4 is 0 Å². The van der Waals surface area contributed by atoms with Crippen LogP contribution in [0.4, 0.5) is 0 Å². The molecule has 0 aromatic carbocycles. The van der Waals surface area contributed by atoms with Gasteiger partial charge in [-0.3, -0.25) is 9.78 Å². The van der Waals surface area contributed by atoms with Gasteiger partial charge in [0.05, 0.1) is 5.56 Å². The highest BCUT2D eigenvalue weighted by molar-refractivity contribution is 5.93. The first-order valence-corrected chi connectivity index (χ1v) is 6.48. The van der Waals surface area contributed by atoms with Crippen molar-refractivity contribution < 1.29 is 19.2 Å². The average Bonchev–Trinajstić information content (AvgIpc) is 2.91. The summed E-state index contributed by atoms with van der Waals surface area (Å²) in [5.41, 5.74) is 1.97. The number of fused-ring (bicyclic) bond motifs is 1. The van der Waals surface area contributed by atoms with Crippen LogP contribution in [0.25, 0.3) is 0 Å². The number of pyridine rings is 1. The molecular weight excluding hydrogens is 274 g/mol. The van der Waals surface area contributed by atoms with Crippen molar-refractivity contribution in [2.24, 2.45) is 0 Å². The molecule has 0 unspecified atom stereocenters. The summed E-state index contributed by atoms with van der Waals surface area (Å²) in [5.74, 6) is -0.643. The zero-order valence-corrected chi connectivity index (χ0v) is 11.4. The van der Waals surface area contributed by atoms with Crippen molar-refractivity contribution in [1.29, 1.82) is 0 Å². The van der Waals surface area contributed by atoms with E-state index >= 15 is 0 Å². The van der Waals surface area contributed by atoms with Crippen LogP contribution in [-0.4, -0.2) is 38.6 Å². The Bertz CT molecular complexity index is 723. The van der Waals surface area contributed by atoms with E-state index in [-0.39, 0.29) is 17.2 Å². The average molecular weight is 287 g/mol. The molecule has 2 aromatic rings. The summed E-state index contributed by atoms with van der Waals surface area (Å²) < 4.78 is 4.91. The number of carboxylic acid groups (broad SMARTS) is 1. The number of carbonyl (C=O) groups excluding carboxylic acids is 1. The van der Waals surface area contributed by atoms with Crippen molar-refractivity contribution in [1.82, 2.24) is 15.0 Å². The van der Waals surface area contributed by atoms with Gasteiger partial charge in [0, 0.05) is 31.5 Å². The van der Waals surface area contributed by atoms with E-state index in [2.05, 4.69) is 10.1 Å². The number of carbonyl (C=O) groups is 2. The lowest BCUT2D eigenvalue weighted by Crippen LogP contribution is -2.36. The molecule has 7 nitrogen and oxygen atoms in total. The van der Waals surface area contributed by atoms with E-state index in [1.807, 2.05) is 0 Å². The highest BCUT2D eigenvalue weighted by Gasteiger charge is 2.26. The molecule has 1 N–H and O–H groups in total. The van der Waals surface area contributed by atoms with Gasteiger partial charge in [-0.25, -0.2) is 4.79 Å². The number of aryl methyl sites for hydroxylation is 1. The standard InChI is InChI=1S/C14H13N3O4/c1-8-4-12(16-21-8)13(18)17-3-2-10-9(7-17)5-15-6-11(10)14(19)20/h4-6H,2-3,7H2,1H3,(H,19,20). The zero-order chi connectivity index (χ0) is 15.0. The SMILES string of the molecule is Cc1cc(C(=O)N2CCc3c(cncc3C(=O)O)C2)no1. The second-order valence-electron chi connectivity index (χ2n) is 4.93. The minimum absolute atomic E-state index is 0.205. The molecule has 2 aromatic heterocycles. The smallest absolute Gasteiger partial charge is 0.337 e. The first kappa shape index (κ1) is 13.3. The summed E-state index contributed by atoms with van der Waals surface area (Å²) in [6.07, 6.45) is 3.44. The lowest BCUT2D eigenvalue weighted by molar-refractivity contribution is 0.0693. The van der Waals surface area contributed by atoms with Crippen molar-refractivity contribution in [3.05, 3.63) is 46.6 Å². The van der Waals surface area contributed by atoms with E-state index in [4.69, 9.17) is 9.63 Å². The number of carboxylic acids is 1. The van der Waals surface area contributed by atoms with Gasteiger partial charge < -0.3 is 14.5 Å². The second kappa shape index (κ2) is 5.01. The van der Waals surface area contributed by atoms with Gasteiger partial charge in [0.15, 0.2) is 5.69 Å². The predicted molar refractivity (Wildman–Crippen MR) is 70.9 cm³/mol. The van der Waals surface area contributed by atoms with Gasteiger partial charge in [-0.2, -0.15) is 0 Å². The van der Waals surface area contributed by atoms with Crippen LogP contribution in [0, 0.1) is 6.92 Å². The molecule has 7 heteroatoms. The van der Waals surface area contributed by atoms with Crippen LogP contribution in [0.5, 0.6) is 0 Å². The van der Waals surface area contributed by atoms with Crippen molar-refractivity contribution in [3.8, 4) is 0 Å². The topological polar surface area (TPSA) is 96.5 Å². The van der Waals surface area contributed by atoms with E-state index in [1.54, 1.807) is 24.1 Å². The highest BCUT2D eigenvalue weighted by atomic mass is 16.5. The van der Waals surface area contributed by atoms with Gasteiger partial charge in [-0.15, -0.1) is 0 Å². The summed E-state index contributed by atoms with van der Waals surface area (Å²) in [6, 6.07) is 1.59. The summed E-state index contributed by atoms with van der Waals surface area (Å²) in [6.45, 7) is 2.49. The maximum absolute atomic E-state index is 12.3. The third-order valence-corrected chi connectivity index (χ3v) is 3.50. The van der Waals surface area contributed by atoms with E-state index in [0.29, 0.717) is 25.3 Å². The molecule has 1 amide bonds. The minimum Gasteiger partial charge on any atom is -0.478 e. The van der Waals surface area contributed by atoms with Gasteiger partial charge >= 0.3 is 5.97 Å². The zero-order valence-electron chi connectivity index (χ0n) is 11.4. The molecule has 0 spiro atoms. The number of hydrogen-bond acceptors (Lipinski definition) is 5. The number of aromatic nitrogens is 2. The van der Waals surface area contributed by atoms with Crippen LogP contribution in [-0.2, 0) is 13.0 Å². The van der Waals surface area contributed by atoms with Crippen LogP contribution >= 0.6 is 0 Å². The van der Waals surface area contributed by atoms with E-state index in [0.717, 1.165) is 11.1 Å². The molecule has 21 heavy (non-hydrogen) atoms. The lowest BCUT2D eigenvalue weighted by Gasteiger charge is -2.28. The maximum atomic E-state index is 12.3. The first-order valence-electron chi connectivity index (χ1n) is 6.48. The van der Waals surface area contributed by atoms with Crippen molar-refractivity contribution in [3.63, 3.8) is 0 Å². The van der Waals surface area contributed by atoms with E-state index in [9.17, 15) is 9.59 Å². The summed E-state index contributed by atoms with van der Waals surface area (Å²) in [7, 11) is 0. The predicted octanol–water partition coefficient (Wildman–Crippen LogP) is 1.27. The maximum Gasteiger partial charge on any atom is 0.337 e. The Hall–Kier alpha value is -2.70. The fourth-order valence-corrected chi connectivity index (χ4v) is 2.48. The number of rotatable bonds is 2. The molecule has 0 saturated carbocycles. The van der Waals surface area contributed by atoms with Crippen molar-refractivity contribution in [2.45, 2.75) is 19.9 Å². The van der Waals surface area contributed by atoms with E-state index < -0.39 is 5.97 Å². The Morgan fingerprint density at radius 2 is 2.19 bits per heavy atom. The molecule has 0 saturated heterocycles. The summed E-state index contributed by atoms with van der Waals surface area (Å²) in [5, 5.41) is 12.9. The fourth-order valence-electron chi connectivity index (χ4n) is 2.48.